The number of aliphatic hydroxyl groups is 1. The van der Waals surface area contributed by atoms with Crippen molar-refractivity contribution in [3.8, 4) is 0 Å². The second-order valence-electron chi connectivity index (χ2n) is 27.4. The lowest BCUT2D eigenvalue weighted by Crippen LogP contribution is -2.30. The van der Waals surface area contributed by atoms with Gasteiger partial charge in [0.25, 0.3) is 0 Å². The van der Waals surface area contributed by atoms with E-state index in [1.807, 2.05) is 12.2 Å². The van der Waals surface area contributed by atoms with Crippen molar-refractivity contribution in [1.82, 2.24) is 0 Å². The third-order valence-electron chi connectivity index (χ3n) is 17.3. The van der Waals surface area contributed by atoms with Gasteiger partial charge in [-0.1, -0.05) is 305 Å². The molecule has 0 fully saturated rings. The molecule has 0 radical (unpaired) electrons. The summed E-state index contributed by atoms with van der Waals surface area (Å²) in [5.74, 6) is -2.25. The van der Waals surface area contributed by atoms with E-state index in [4.69, 9.17) is 37.0 Å². The van der Waals surface area contributed by atoms with E-state index in [0.29, 0.717) is 32.1 Å². The van der Waals surface area contributed by atoms with E-state index < -0.39 is 97.5 Å². The minimum atomic E-state index is -4.99. The van der Waals surface area contributed by atoms with Crippen molar-refractivity contribution in [2.45, 2.75) is 380 Å². The fraction of sp³-hybridized carbons (Fsp3) is 0.783. The summed E-state index contributed by atoms with van der Waals surface area (Å²) in [6.45, 7) is 4.79. The zero-order valence-corrected chi connectivity index (χ0v) is 66.6. The standard InChI is InChI=1S/C83H148O17P2/c1-5-9-13-17-21-25-29-33-36-37-38-39-42-44-48-52-56-60-64-68-81(86)94-74-79(100-83(88)70-66-62-58-54-50-46-41-35-31-27-23-19-15-11-7-3)76-98-102(91,92)96-72-77(84)71-95-101(89,90)97-75-78(73-93-80(85)67-63-59-55-51-47-43-32-28-24-20-16-12-8-4)99-82(87)69-65-61-57-53-49-45-40-34-30-26-22-18-14-10-6-2/h21,25-27,30-31,33,36,38-39,44,48,56,60,77-79,84H,5-20,22-24,28-29,32,34-35,37,40-43,45-47,49-55,57-59,61-76H2,1-4H3,(H,89,90)(H,91,92)/b25-21-,30-26-,31-27-,36-33-,39-38-,48-44-,60-56-/t77-,78+,79+/m0/s1. The first-order valence-electron chi connectivity index (χ1n) is 40.8. The topological polar surface area (TPSA) is 237 Å². The van der Waals surface area contributed by atoms with E-state index in [9.17, 15) is 43.2 Å². The van der Waals surface area contributed by atoms with Gasteiger partial charge < -0.3 is 33.8 Å². The zero-order valence-electron chi connectivity index (χ0n) is 64.8. The first-order chi connectivity index (χ1) is 49.7. The summed E-state index contributed by atoms with van der Waals surface area (Å²) < 4.78 is 68.6. The van der Waals surface area contributed by atoms with Crippen molar-refractivity contribution in [2.75, 3.05) is 39.6 Å². The van der Waals surface area contributed by atoms with E-state index in [2.05, 4.69) is 101 Å². The molecule has 592 valence electrons. The van der Waals surface area contributed by atoms with Crippen molar-refractivity contribution in [2.24, 2.45) is 0 Å². The number of ether oxygens (including phenoxy) is 4. The Bertz CT molecular complexity index is 2260. The van der Waals surface area contributed by atoms with E-state index >= 15 is 0 Å². The molecule has 0 aliphatic carbocycles. The van der Waals surface area contributed by atoms with Crippen LogP contribution in [0, 0.1) is 0 Å². The summed E-state index contributed by atoms with van der Waals surface area (Å²) in [4.78, 5) is 73.0. The first kappa shape index (κ1) is 98.2. The molecule has 0 aromatic rings. The van der Waals surface area contributed by atoms with Gasteiger partial charge in [-0.05, 0) is 116 Å². The molecule has 3 N–H and O–H groups in total. The molecule has 19 heteroatoms. The molecule has 2 unspecified atom stereocenters. The number of carbonyl (C=O) groups excluding carboxylic acids is 4. The molecule has 0 saturated carbocycles. The van der Waals surface area contributed by atoms with Crippen molar-refractivity contribution in [1.29, 1.82) is 0 Å². The van der Waals surface area contributed by atoms with Gasteiger partial charge >= 0.3 is 39.5 Å². The second kappa shape index (κ2) is 75.5. The Morgan fingerprint density at radius 1 is 0.275 bits per heavy atom. The Kier molecular flexibility index (Phi) is 72.7. The predicted octanol–water partition coefficient (Wildman–Crippen LogP) is 23.8. The fourth-order valence-corrected chi connectivity index (χ4v) is 12.7. The highest BCUT2D eigenvalue weighted by Crippen LogP contribution is 2.45. The van der Waals surface area contributed by atoms with Crippen molar-refractivity contribution in [3.05, 3.63) is 85.1 Å². The first-order valence-corrected chi connectivity index (χ1v) is 43.8. The summed E-state index contributed by atoms with van der Waals surface area (Å²) in [6, 6.07) is 0. The molecular formula is C83H148O17P2. The number of phosphoric acid groups is 2. The van der Waals surface area contributed by atoms with Crippen LogP contribution in [0.4, 0.5) is 0 Å². The van der Waals surface area contributed by atoms with Gasteiger partial charge in [-0.25, -0.2) is 9.13 Å². The number of esters is 4. The van der Waals surface area contributed by atoms with Gasteiger partial charge in [0, 0.05) is 25.7 Å². The average Bonchev–Trinajstić information content (AvgIpc) is 0.920. The quantitative estimate of drug-likeness (QED) is 0.0169. The minimum absolute atomic E-state index is 0.0390. The molecule has 102 heavy (non-hydrogen) atoms. The molecule has 0 amide bonds. The fourth-order valence-electron chi connectivity index (χ4n) is 11.1. The molecule has 0 aromatic carbocycles. The molecule has 0 aromatic heterocycles. The maximum atomic E-state index is 13.1. The summed E-state index contributed by atoms with van der Waals surface area (Å²) in [7, 11) is -9.97. The predicted molar refractivity (Wildman–Crippen MR) is 418 cm³/mol. The summed E-state index contributed by atoms with van der Waals surface area (Å²) in [5.41, 5.74) is 0. The monoisotopic (exact) mass is 1480 g/mol. The van der Waals surface area contributed by atoms with Crippen LogP contribution in [0.2, 0.25) is 0 Å². The molecule has 0 aliphatic heterocycles. The van der Waals surface area contributed by atoms with E-state index in [0.717, 1.165) is 148 Å². The lowest BCUT2D eigenvalue weighted by molar-refractivity contribution is -0.161. The Labute approximate surface area is 621 Å². The molecule has 0 heterocycles. The summed E-state index contributed by atoms with van der Waals surface area (Å²) in [6.07, 6.45) is 78.5. The van der Waals surface area contributed by atoms with Crippen LogP contribution in [0.1, 0.15) is 362 Å². The van der Waals surface area contributed by atoms with Crippen LogP contribution in [0.15, 0.2) is 85.1 Å². The molecule has 5 atom stereocenters. The molecule has 0 spiro atoms. The highest BCUT2D eigenvalue weighted by atomic mass is 31.2. The SMILES string of the molecule is CCCCC/C=C\C/C=C\C/C=C\C/C=C\C/C=C\CCC(=O)OC[C@H](COP(=O)(O)OC[C@@H](O)COP(=O)(O)OC[C@@H](COC(=O)CCCCCCCCCCCCCCC)OC(=O)CCCCCCCCC/C=C\CCCCCC)OC(=O)CCCCCCCCC/C=C\CCCCCC. The number of hydrogen-bond donors (Lipinski definition) is 3. The second-order valence-corrected chi connectivity index (χ2v) is 30.3. The van der Waals surface area contributed by atoms with Crippen LogP contribution in [-0.2, 0) is 65.4 Å². The largest absolute Gasteiger partial charge is 0.472 e. The maximum absolute atomic E-state index is 13.1. The van der Waals surface area contributed by atoms with Crippen LogP contribution in [0.5, 0.6) is 0 Å². The molecule has 17 nitrogen and oxygen atoms in total. The number of rotatable bonds is 77. The highest BCUT2D eigenvalue weighted by molar-refractivity contribution is 7.47. The number of unbranched alkanes of at least 4 members (excludes halogenated alkanes) is 37. The average molecular weight is 1480 g/mol. The number of aliphatic hydroxyl groups excluding tert-OH is 1. The lowest BCUT2D eigenvalue weighted by Gasteiger charge is -2.21. The molecule has 0 aliphatic rings. The van der Waals surface area contributed by atoms with Gasteiger partial charge in [0.05, 0.1) is 26.4 Å². The Hall–Kier alpha value is -3.76. The number of hydrogen-bond acceptors (Lipinski definition) is 15. The molecular weight excluding hydrogens is 1330 g/mol. The minimum Gasteiger partial charge on any atom is -0.462 e. The smallest absolute Gasteiger partial charge is 0.462 e. The van der Waals surface area contributed by atoms with E-state index in [1.165, 1.54) is 128 Å². The van der Waals surface area contributed by atoms with Gasteiger partial charge in [-0.2, -0.15) is 0 Å². The van der Waals surface area contributed by atoms with Crippen molar-refractivity contribution >= 4 is 39.5 Å². The van der Waals surface area contributed by atoms with Crippen LogP contribution in [0.3, 0.4) is 0 Å². The van der Waals surface area contributed by atoms with Gasteiger partial charge in [0.1, 0.15) is 19.3 Å². The van der Waals surface area contributed by atoms with Gasteiger partial charge in [0.15, 0.2) is 12.2 Å². The number of carbonyl (C=O) groups is 4. The third-order valence-corrected chi connectivity index (χ3v) is 19.2. The summed E-state index contributed by atoms with van der Waals surface area (Å²) in [5, 5.41) is 10.6. The van der Waals surface area contributed by atoms with Crippen molar-refractivity contribution in [3.63, 3.8) is 0 Å². The van der Waals surface area contributed by atoms with E-state index in [1.54, 1.807) is 0 Å². The van der Waals surface area contributed by atoms with Crippen molar-refractivity contribution < 1.29 is 80.2 Å². The number of allylic oxidation sites excluding steroid dienone is 14. The third kappa shape index (κ3) is 74.5. The van der Waals surface area contributed by atoms with Crippen LogP contribution >= 0.6 is 15.6 Å². The maximum Gasteiger partial charge on any atom is 0.472 e. The zero-order chi connectivity index (χ0) is 74.6. The molecule has 0 saturated heterocycles. The lowest BCUT2D eigenvalue weighted by atomic mass is 10.0. The number of phosphoric ester groups is 2. The van der Waals surface area contributed by atoms with Crippen LogP contribution in [-0.4, -0.2) is 96.7 Å². The Morgan fingerprint density at radius 3 is 0.833 bits per heavy atom. The summed E-state index contributed by atoms with van der Waals surface area (Å²) >= 11 is 0. The van der Waals surface area contributed by atoms with Gasteiger partial charge in [-0.3, -0.25) is 37.3 Å². The van der Waals surface area contributed by atoms with Gasteiger partial charge in [-0.15, -0.1) is 0 Å². The Morgan fingerprint density at radius 2 is 0.500 bits per heavy atom. The molecule has 0 bridgehead atoms. The normalized spacial score (nSPS) is 14.3. The molecule has 0 rings (SSSR count). The van der Waals surface area contributed by atoms with E-state index in [-0.39, 0.29) is 25.7 Å². The Balaban J connectivity index is 5.40. The highest BCUT2D eigenvalue weighted by Gasteiger charge is 2.30. The van der Waals surface area contributed by atoms with Gasteiger partial charge in [0.2, 0.25) is 0 Å². The van der Waals surface area contributed by atoms with Crippen LogP contribution in [0.25, 0.3) is 0 Å². The van der Waals surface area contributed by atoms with Crippen LogP contribution < -0.4 is 0 Å².